The van der Waals surface area contributed by atoms with Crippen molar-refractivity contribution in [2.75, 3.05) is 27.2 Å². The molecule has 2 rings (SSSR count). The molecule has 0 aliphatic heterocycles. The Kier molecular flexibility index (Phi) is 10.4. The number of aliphatic imine (C=N–C) groups is 1. The van der Waals surface area contributed by atoms with E-state index in [1.54, 1.807) is 14.1 Å². The van der Waals surface area contributed by atoms with Gasteiger partial charge in [0.15, 0.2) is 5.96 Å². The Balaban J connectivity index is 0.00000392. The summed E-state index contributed by atoms with van der Waals surface area (Å²) in [6, 6.07) is 13.2. The number of nitrogens with zero attached hydrogens (tertiary/aromatic N) is 2. The van der Waals surface area contributed by atoms with Gasteiger partial charge < -0.3 is 15.5 Å². The number of guanidine groups is 1. The second kappa shape index (κ2) is 12.3. The third kappa shape index (κ3) is 8.20. The number of nitrogens with one attached hydrogen (secondary N) is 2. The molecular formula is C20H25F2IN4O. The molecule has 5 nitrogen and oxygen atoms in total. The molecule has 2 aromatic rings. The minimum atomic E-state index is -0.520. The van der Waals surface area contributed by atoms with Crippen molar-refractivity contribution in [2.24, 2.45) is 4.99 Å². The molecule has 152 valence electrons. The van der Waals surface area contributed by atoms with Crippen LogP contribution in [0.15, 0.2) is 53.5 Å². The molecule has 8 heteroatoms. The Morgan fingerprint density at radius 3 is 2.46 bits per heavy atom. The van der Waals surface area contributed by atoms with Gasteiger partial charge in [0, 0.05) is 26.2 Å². The number of carbonyl (C=O) groups excluding carboxylic acids is 1. The highest BCUT2D eigenvalue weighted by Gasteiger charge is 2.07. The number of carbonyl (C=O) groups is 1. The van der Waals surface area contributed by atoms with Crippen molar-refractivity contribution in [3.8, 4) is 0 Å². The molecule has 0 spiro atoms. The highest BCUT2D eigenvalue weighted by Crippen LogP contribution is 2.10. The Labute approximate surface area is 181 Å². The fraction of sp³-hybridized carbons (Fsp3) is 0.300. The topological polar surface area (TPSA) is 56.7 Å². The summed E-state index contributed by atoms with van der Waals surface area (Å²) in [6.07, 6.45) is 0.761. The predicted molar refractivity (Wildman–Crippen MR) is 118 cm³/mol. The monoisotopic (exact) mass is 502 g/mol. The summed E-state index contributed by atoms with van der Waals surface area (Å²) in [4.78, 5) is 17.5. The average Bonchev–Trinajstić information content (AvgIpc) is 2.66. The van der Waals surface area contributed by atoms with E-state index < -0.39 is 11.6 Å². The van der Waals surface area contributed by atoms with E-state index in [4.69, 9.17) is 0 Å². The van der Waals surface area contributed by atoms with Crippen LogP contribution in [0.5, 0.6) is 0 Å². The average molecular weight is 502 g/mol. The number of amides is 1. The van der Waals surface area contributed by atoms with Crippen molar-refractivity contribution >= 4 is 35.8 Å². The molecule has 0 aliphatic rings. The third-order valence-corrected chi connectivity index (χ3v) is 3.87. The summed E-state index contributed by atoms with van der Waals surface area (Å²) in [7, 11) is 3.32. The quantitative estimate of drug-likeness (QED) is 0.348. The highest BCUT2D eigenvalue weighted by atomic mass is 127. The maximum Gasteiger partial charge on any atom is 0.241 e. The lowest BCUT2D eigenvalue weighted by atomic mass is 10.1. The molecule has 0 saturated carbocycles. The Morgan fingerprint density at radius 2 is 1.79 bits per heavy atom. The first-order chi connectivity index (χ1) is 13.0. The Morgan fingerprint density at radius 1 is 1.07 bits per heavy atom. The summed E-state index contributed by atoms with van der Waals surface area (Å²) in [5.41, 5.74) is 1.31. The van der Waals surface area contributed by atoms with E-state index in [0.29, 0.717) is 12.5 Å². The first kappa shape index (κ1) is 23.8. The van der Waals surface area contributed by atoms with Crippen LogP contribution >= 0.6 is 24.0 Å². The van der Waals surface area contributed by atoms with Gasteiger partial charge in [-0.05, 0) is 30.2 Å². The predicted octanol–water partition coefficient (Wildman–Crippen LogP) is 2.95. The normalized spacial score (nSPS) is 10.8. The fourth-order valence-corrected chi connectivity index (χ4v) is 2.29. The standard InChI is InChI=1S/C20H24F2N4O.HI/c1-26(2)19(27)14-25-20(23-11-10-15-6-4-3-5-7-15)24-13-16-12-17(21)8-9-18(16)22;/h3-9,12H,10-11,13-14H2,1-2H3,(H2,23,24,25);1H. The lowest BCUT2D eigenvalue weighted by Crippen LogP contribution is -2.43. The van der Waals surface area contributed by atoms with Crippen molar-refractivity contribution in [3.05, 3.63) is 71.3 Å². The maximum absolute atomic E-state index is 13.8. The van der Waals surface area contributed by atoms with Gasteiger partial charge in [-0.1, -0.05) is 30.3 Å². The first-order valence-electron chi connectivity index (χ1n) is 8.66. The lowest BCUT2D eigenvalue weighted by molar-refractivity contribution is -0.127. The van der Waals surface area contributed by atoms with Crippen molar-refractivity contribution in [1.82, 2.24) is 15.5 Å². The number of benzene rings is 2. The van der Waals surface area contributed by atoms with Gasteiger partial charge in [-0.25, -0.2) is 13.8 Å². The zero-order valence-electron chi connectivity index (χ0n) is 15.9. The molecule has 0 radical (unpaired) electrons. The van der Waals surface area contributed by atoms with Crippen LogP contribution in [0.4, 0.5) is 8.78 Å². The maximum atomic E-state index is 13.8. The fourth-order valence-electron chi connectivity index (χ4n) is 2.29. The van der Waals surface area contributed by atoms with E-state index >= 15 is 0 Å². The summed E-state index contributed by atoms with van der Waals surface area (Å²) in [5, 5.41) is 6.04. The van der Waals surface area contributed by atoms with Crippen LogP contribution in [0.2, 0.25) is 0 Å². The zero-order chi connectivity index (χ0) is 19.6. The van der Waals surface area contributed by atoms with Crippen molar-refractivity contribution < 1.29 is 13.6 Å². The molecule has 2 aromatic carbocycles. The van der Waals surface area contributed by atoms with Crippen LogP contribution in [0.25, 0.3) is 0 Å². The molecule has 0 saturated heterocycles. The summed E-state index contributed by atoms with van der Waals surface area (Å²) < 4.78 is 27.1. The van der Waals surface area contributed by atoms with Gasteiger partial charge in [-0.3, -0.25) is 4.79 Å². The van der Waals surface area contributed by atoms with Crippen molar-refractivity contribution in [1.29, 1.82) is 0 Å². The van der Waals surface area contributed by atoms with Gasteiger partial charge in [-0.15, -0.1) is 24.0 Å². The number of hydrogen-bond donors (Lipinski definition) is 2. The lowest BCUT2D eigenvalue weighted by Gasteiger charge is -2.15. The molecule has 0 aliphatic carbocycles. The first-order valence-corrected chi connectivity index (χ1v) is 8.66. The molecule has 0 aromatic heterocycles. The molecular weight excluding hydrogens is 477 g/mol. The van der Waals surface area contributed by atoms with E-state index in [2.05, 4.69) is 15.6 Å². The number of rotatable bonds is 7. The summed E-state index contributed by atoms with van der Waals surface area (Å²) >= 11 is 0. The van der Waals surface area contributed by atoms with E-state index in [1.807, 2.05) is 30.3 Å². The minimum absolute atomic E-state index is 0. The molecule has 0 heterocycles. The van der Waals surface area contributed by atoms with E-state index in [1.165, 1.54) is 4.90 Å². The zero-order valence-corrected chi connectivity index (χ0v) is 18.2. The highest BCUT2D eigenvalue weighted by molar-refractivity contribution is 14.0. The third-order valence-electron chi connectivity index (χ3n) is 3.87. The van der Waals surface area contributed by atoms with Crippen molar-refractivity contribution in [3.63, 3.8) is 0 Å². The molecule has 0 bridgehead atoms. The van der Waals surface area contributed by atoms with Crippen LogP contribution in [0.3, 0.4) is 0 Å². The van der Waals surface area contributed by atoms with E-state index in [0.717, 1.165) is 30.2 Å². The molecule has 0 atom stereocenters. The summed E-state index contributed by atoms with van der Waals surface area (Å²) in [5.74, 6) is -0.793. The smallest absolute Gasteiger partial charge is 0.241 e. The van der Waals surface area contributed by atoms with Crippen LogP contribution < -0.4 is 10.6 Å². The molecule has 0 unspecified atom stereocenters. The van der Waals surface area contributed by atoms with Crippen LogP contribution in [-0.2, 0) is 17.8 Å². The second-order valence-electron chi connectivity index (χ2n) is 6.20. The minimum Gasteiger partial charge on any atom is -0.356 e. The van der Waals surface area contributed by atoms with Gasteiger partial charge in [0.05, 0.1) is 13.1 Å². The van der Waals surface area contributed by atoms with Crippen LogP contribution in [0, 0.1) is 11.6 Å². The van der Waals surface area contributed by atoms with Gasteiger partial charge >= 0.3 is 0 Å². The van der Waals surface area contributed by atoms with E-state index in [-0.39, 0.29) is 48.5 Å². The van der Waals surface area contributed by atoms with Crippen LogP contribution in [0.1, 0.15) is 11.1 Å². The number of likely N-dealkylation sites (N-methyl/N-ethyl adjacent to an activating group) is 1. The SMILES string of the molecule is CN(C)C(=O)CNC(=NCc1cc(F)ccc1F)NCCc1ccccc1.I. The molecule has 2 N–H and O–H groups in total. The van der Waals surface area contributed by atoms with Gasteiger partial charge in [0.1, 0.15) is 11.6 Å². The largest absolute Gasteiger partial charge is 0.356 e. The Hall–Kier alpha value is -2.23. The molecule has 28 heavy (non-hydrogen) atoms. The molecule has 1 amide bonds. The van der Waals surface area contributed by atoms with Crippen LogP contribution in [-0.4, -0.2) is 44.0 Å². The van der Waals surface area contributed by atoms with Gasteiger partial charge in [-0.2, -0.15) is 0 Å². The van der Waals surface area contributed by atoms with Crippen molar-refractivity contribution in [2.45, 2.75) is 13.0 Å². The number of hydrogen-bond acceptors (Lipinski definition) is 2. The molecule has 0 fully saturated rings. The number of halogens is 3. The summed E-state index contributed by atoms with van der Waals surface area (Å²) in [6.45, 7) is 0.591. The van der Waals surface area contributed by atoms with E-state index in [9.17, 15) is 13.6 Å². The second-order valence-corrected chi connectivity index (χ2v) is 6.20. The van der Waals surface area contributed by atoms with Gasteiger partial charge in [0.2, 0.25) is 5.91 Å². The van der Waals surface area contributed by atoms with Gasteiger partial charge in [0.25, 0.3) is 0 Å². The Bertz CT molecular complexity index is 785.